The summed E-state index contributed by atoms with van der Waals surface area (Å²) in [6.07, 6.45) is 3.80. The van der Waals surface area contributed by atoms with Gasteiger partial charge in [0.1, 0.15) is 13.2 Å². The van der Waals surface area contributed by atoms with Crippen molar-refractivity contribution < 1.29 is 9.47 Å². The Bertz CT molecular complexity index is 290. The normalized spacial score (nSPS) is 14.4. The van der Waals surface area contributed by atoms with Crippen molar-refractivity contribution in [3.8, 4) is 11.6 Å². The Hall–Kier alpha value is -0.900. The van der Waals surface area contributed by atoms with Crippen LogP contribution in [-0.4, -0.2) is 24.5 Å². The second-order valence-electron chi connectivity index (χ2n) is 2.38. The monoisotopic (exact) mass is 183 g/mol. The SMILES string of the molecule is CSc1cnc2c(c1)OCCO2. The summed E-state index contributed by atoms with van der Waals surface area (Å²) < 4.78 is 10.6. The fourth-order valence-electron chi connectivity index (χ4n) is 1.03. The quantitative estimate of drug-likeness (QED) is 0.618. The maximum atomic E-state index is 5.37. The largest absolute Gasteiger partial charge is 0.484 e. The first-order valence-electron chi connectivity index (χ1n) is 3.70. The highest BCUT2D eigenvalue weighted by Gasteiger charge is 2.12. The van der Waals surface area contributed by atoms with Crippen molar-refractivity contribution in [2.24, 2.45) is 0 Å². The average Bonchev–Trinajstić information content (AvgIpc) is 2.17. The summed E-state index contributed by atoms with van der Waals surface area (Å²) in [5, 5.41) is 0. The van der Waals surface area contributed by atoms with E-state index < -0.39 is 0 Å². The summed E-state index contributed by atoms with van der Waals surface area (Å²) in [6, 6.07) is 1.95. The Kier molecular flexibility index (Phi) is 2.08. The molecule has 0 aromatic carbocycles. The summed E-state index contributed by atoms with van der Waals surface area (Å²) in [6.45, 7) is 1.21. The van der Waals surface area contributed by atoms with Crippen LogP contribution in [0.15, 0.2) is 17.2 Å². The highest BCUT2D eigenvalue weighted by atomic mass is 32.2. The Balaban J connectivity index is 2.36. The summed E-state index contributed by atoms with van der Waals surface area (Å²) in [5.41, 5.74) is 0. The zero-order valence-corrected chi connectivity index (χ0v) is 7.56. The maximum Gasteiger partial charge on any atom is 0.257 e. The van der Waals surface area contributed by atoms with E-state index in [2.05, 4.69) is 4.98 Å². The molecule has 4 heteroatoms. The molecule has 12 heavy (non-hydrogen) atoms. The number of nitrogens with zero attached hydrogens (tertiary/aromatic N) is 1. The third-order valence-corrected chi connectivity index (χ3v) is 2.30. The Labute approximate surface area is 75.1 Å². The van der Waals surface area contributed by atoms with Gasteiger partial charge in [-0.15, -0.1) is 11.8 Å². The van der Waals surface area contributed by atoms with Crippen LogP contribution in [0.5, 0.6) is 11.6 Å². The van der Waals surface area contributed by atoms with Gasteiger partial charge in [0.25, 0.3) is 5.88 Å². The number of ether oxygens (including phenoxy) is 2. The van der Waals surface area contributed by atoms with Crippen molar-refractivity contribution in [1.82, 2.24) is 4.98 Å². The van der Waals surface area contributed by atoms with Gasteiger partial charge < -0.3 is 9.47 Å². The first kappa shape index (κ1) is 7.73. The van der Waals surface area contributed by atoms with E-state index in [0.29, 0.717) is 19.1 Å². The second-order valence-corrected chi connectivity index (χ2v) is 3.26. The van der Waals surface area contributed by atoms with Crippen LogP contribution >= 0.6 is 11.8 Å². The first-order valence-corrected chi connectivity index (χ1v) is 4.92. The van der Waals surface area contributed by atoms with Crippen molar-refractivity contribution in [3.63, 3.8) is 0 Å². The topological polar surface area (TPSA) is 31.4 Å². The maximum absolute atomic E-state index is 5.37. The smallest absolute Gasteiger partial charge is 0.257 e. The molecule has 0 unspecified atom stereocenters. The molecule has 2 rings (SSSR count). The van der Waals surface area contributed by atoms with E-state index in [1.807, 2.05) is 12.3 Å². The molecule has 1 aliphatic rings. The molecule has 0 fully saturated rings. The van der Waals surface area contributed by atoms with Gasteiger partial charge in [-0.3, -0.25) is 0 Å². The van der Waals surface area contributed by atoms with Crippen molar-refractivity contribution in [3.05, 3.63) is 12.3 Å². The Morgan fingerprint density at radius 1 is 1.42 bits per heavy atom. The van der Waals surface area contributed by atoms with Crippen molar-refractivity contribution in [2.75, 3.05) is 19.5 Å². The molecule has 0 spiro atoms. The molecule has 0 atom stereocenters. The molecule has 2 heterocycles. The van der Waals surface area contributed by atoms with E-state index in [-0.39, 0.29) is 0 Å². The lowest BCUT2D eigenvalue weighted by Gasteiger charge is -2.16. The van der Waals surface area contributed by atoms with Gasteiger partial charge in [0, 0.05) is 17.2 Å². The van der Waals surface area contributed by atoms with Crippen LogP contribution in [0.4, 0.5) is 0 Å². The summed E-state index contributed by atoms with van der Waals surface area (Å²) in [7, 11) is 0. The van der Waals surface area contributed by atoms with Gasteiger partial charge in [-0.05, 0) is 6.26 Å². The molecule has 0 aliphatic carbocycles. The predicted molar refractivity (Wildman–Crippen MR) is 47.0 cm³/mol. The van der Waals surface area contributed by atoms with E-state index >= 15 is 0 Å². The molecule has 1 aromatic rings. The molecule has 0 saturated heterocycles. The van der Waals surface area contributed by atoms with E-state index in [4.69, 9.17) is 9.47 Å². The van der Waals surface area contributed by atoms with E-state index in [1.54, 1.807) is 18.0 Å². The van der Waals surface area contributed by atoms with Crippen LogP contribution in [0.2, 0.25) is 0 Å². The lowest BCUT2D eigenvalue weighted by Crippen LogP contribution is -2.16. The number of thioether (sulfide) groups is 1. The average molecular weight is 183 g/mol. The lowest BCUT2D eigenvalue weighted by molar-refractivity contribution is 0.164. The zero-order chi connectivity index (χ0) is 8.39. The fourth-order valence-corrected chi connectivity index (χ4v) is 1.41. The minimum Gasteiger partial charge on any atom is -0.484 e. The molecule has 0 N–H and O–H groups in total. The fraction of sp³-hybridized carbons (Fsp3) is 0.375. The summed E-state index contributed by atoms with van der Waals surface area (Å²) in [4.78, 5) is 5.22. The zero-order valence-electron chi connectivity index (χ0n) is 6.74. The molecule has 1 aromatic heterocycles. The second kappa shape index (κ2) is 3.23. The molecule has 0 bridgehead atoms. The first-order chi connectivity index (χ1) is 5.90. The molecule has 0 saturated carbocycles. The number of pyridine rings is 1. The number of hydrogen-bond acceptors (Lipinski definition) is 4. The Morgan fingerprint density at radius 2 is 2.25 bits per heavy atom. The van der Waals surface area contributed by atoms with E-state index in [9.17, 15) is 0 Å². The molecule has 0 radical (unpaired) electrons. The predicted octanol–water partition coefficient (Wildman–Crippen LogP) is 1.57. The number of fused-ring (bicyclic) bond motifs is 1. The number of rotatable bonds is 1. The van der Waals surface area contributed by atoms with E-state index in [1.165, 1.54) is 0 Å². The Morgan fingerprint density at radius 3 is 3.08 bits per heavy atom. The highest BCUT2D eigenvalue weighted by molar-refractivity contribution is 7.98. The van der Waals surface area contributed by atoms with Gasteiger partial charge in [-0.1, -0.05) is 0 Å². The van der Waals surface area contributed by atoms with Crippen LogP contribution in [0, 0.1) is 0 Å². The van der Waals surface area contributed by atoms with Gasteiger partial charge >= 0.3 is 0 Å². The third kappa shape index (κ3) is 1.34. The van der Waals surface area contributed by atoms with Gasteiger partial charge in [-0.2, -0.15) is 0 Å². The minimum absolute atomic E-state index is 0.596. The standard InChI is InChI=1S/C8H9NO2S/c1-12-6-4-7-8(9-5-6)11-3-2-10-7/h4-5H,2-3H2,1H3. The van der Waals surface area contributed by atoms with Gasteiger partial charge in [0.15, 0.2) is 5.75 Å². The van der Waals surface area contributed by atoms with Gasteiger partial charge in [0.05, 0.1) is 0 Å². The lowest BCUT2D eigenvalue weighted by atomic mass is 10.4. The number of aromatic nitrogens is 1. The number of hydrogen-bond donors (Lipinski definition) is 0. The molecule has 3 nitrogen and oxygen atoms in total. The molecule has 64 valence electrons. The minimum atomic E-state index is 0.596. The van der Waals surface area contributed by atoms with Gasteiger partial charge in [-0.25, -0.2) is 4.98 Å². The van der Waals surface area contributed by atoms with E-state index in [0.717, 1.165) is 10.6 Å². The molecule has 0 amide bonds. The third-order valence-electron chi connectivity index (χ3n) is 1.61. The summed E-state index contributed by atoms with van der Waals surface area (Å²) >= 11 is 1.64. The van der Waals surface area contributed by atoms with Crippen LogP contribution in [0.3, 0.4) is 0 Å². The van der Waals surface area contributed by atoms with Crippen LogP contribution in [-0.2, 0) is 0 Å². The molecular formula is C8H9NO2S. The van der Waals surface area contributed by atoms with Gasteiger partial charge in [0.2, 0.25) is 0 Å². The van der Waals surface area contributed by atoms with Crippen LogP contribution in [0.25, 0.3) is 0 Å². The molecular weight excluding hydrogens is 174 g/mol. The van der Waals surface area contributed by atoms with Crippen LogP contribution < -0.4 is 9.47 Å². The summed E-state index contributed by atoms with van der Waals surface area (Å²) in [5.74, 6) is 1.37. The van der Waals surface area contributed by atoms with Crippen molar-refractivity contribution >= 4 is 11.8 Å². The van der Waals surface area contributed by atoms with Crippen LogP contribution in [0.1, 0.15) is 0 Å². The molecule has 1 aliphatic heterocycles. The van der Waals surface area contributed by atoms with Crippen molar-refractivity contribution in [1.29, 1.82) is 0 Å². The highest BCUT2D eigenvalue weighted by Crippen LogP contribution is 2.30. The van der Waals surface area contributed by atoms with Crippen molar-refractivity contribution in [2.45, 2.75) is 4.90 Å².